The highest BCUT2D eigenvalue weighted by molar-refractivity contribution is 5.83. The van der Waals surface area contributed by atoms with E-state index in [1.165, 1.54) is 0 Å². The Labute approximate surface area is 108 Å². The van der Waals surface area contributed by atoms with E-state index < -0.39 is 11.1 Å². The van der Waals surface area contributed by atoms with E-state index in [1.807, 2.05) is 39.0 Å². The first-order valence-corrected chi connectivity index (χ1v) is 6.43. The first-order valence-electron chi connectivity index (χ1n) is 6.43. The van der Waals surface area contributed by atoms with E-state index in [9.17, 15) is 9.18 Å². The molecular formula is C15H20FNO. The molecule has 0 radical (unpaired) electrons. The lowest BCUT2D eigenvalue weighted by molar-refractivity contribution is -0.156. The molecule has 2 rings (SSSR count). The first-order chi connectivity index (χ1) is 8.39. The predicted molar refractivity (Wildman–Crippen MR) is 69.9 cm³/mol. The summed E-state index contributed by atoms with van der Waals surface area (Å²) in [6.07, 6.45) is 0.771. The zero-order valence-corrected chi connectivity index (χ0v) is 11.2. The number of hydrogen-bond donors (Lipinski definition) is 0. The zero-order valence-electron chi connectivity index (χ0n) is 11.2. The summed E-state index contributed by atoms with van der Waals surface area (Å²) >= 11 is 0. The second kappa shape index (κ2) is 4.38. The average molecular weight is 249 g/mol. The number of carbonyl (C=O) groups excluding carboxylic acids is 1. The summed E-state index contributed by atoms with van der Waals surface area (Å²) < 4.78 is 14.5. The van der Waals surface area contributed by atoms with Crippen molar-refractivity contribution in [1.29, 1.82) is 0 Å². The van der Waals surface area contributed by atoms with Gasteiger partial charge >= 0.3 is 0 Å². The molecule has 1 heterocycles. The van der Waals surface area contributed by atoms with Crippen molar-refractivity contribution in [3.05, 3.63) is 35.9 Å². The number of benzene rings is 1. The van der Waals surface area contributed by atoms with Gasteiger partial charge in [-0.3, -0.25) is 4.79 Å². The van der Waals surface area contributed by atoms with Crippen LogP contribution in [0.4, 0.5) is 4.39 Å². The van der Waals surface area contributed by atoms with Crippen LogP contribution < -0.4 is 0 Å². The van der Waals surface area contributed by atoms with Crippen LogP contribution in [0, 0.1) is 5.41 Å². The third kappa shape index (κ3) is 2.14. The molecule has 1 aromatic rings. The Morgan fingerprint density at radius 3 is 2.39 bits per heavy atom. The second-order valence-electron chi connectivity index (χ2n) is 5.73. The predicted octanol–water partition coefficient (Wildman–Crippen LogP) is 3.13. The van der Waals surface area contributed by atoms with E-state index in [1.54, 1.807) is 17.0 Å². The summed E-state index contributed by atoms with van der Waals surface area (Å²) in [5.74, 6) is 0.0502. The van der Waals surface area contributed by atoms with Gasteiger partial charge in [-0.25, -0.2) is 4.39 Å². The lowest BCUT2D eigenvalue weighted by Crippen LogP contribution is -2.61. The highest BCUT2D eigenvalue weighted by Crippen LogP contribution is 2.38. The molecule has 0 spiro atoms. The van der Waals surface area contributed by atoms with Crippen LogP contribution in [0.2, 0.25) is 0 Å². The van der Waals surface area contributed by atoms with Crippen LogP contribution in [-0.2, 0) is 10.5 Å². The molecule has 18 heavy (non-hydrogen) atoms. The normalized spacial score (nSPS) is 18.3. The Bertz CT molecular complexity index is 435. The van der Waals surface area contributed by atoms with E-state index in [0.29, 0.717) is 5.56 Å². The van der Waals surface area contributed by atoms with Crippen LogP contribution in [0.5, 0.6) is 0 Å². The Morgan fingerprint density at radius 2 is 1.89 bits per heavy atom. The molecule has 3 heteroatoms. The molecule has 0 N–H and O–H groups in total. The topological polar surface area (TPSA) is 20.3 Å². The minimum Gasteiger partial charge on any atom is -0.335 e. The largest absolute Gasteiger partial charge is 0.335 e. The molecule has 1 aromatic carbocycles. The van der Waals surface area contributed by atoms with Crippen LogP contribution in [0.3, 0.4) is 0 Å². The number of nitrogens with zero attached hydrogens (tertiary/aromatic N) is 1. The quantitative estimate of drug-likeness (QED) is 0.806. The molecule has 1 fully saturated rings. The molecule has 0 aliphatic carbocycles. The van der Waals surface area contributed by atoms with Gasteiger partial charge in [-0.15, -0.1) is 0 Å². The van der Waals surface area contributed by atoms with Gasteiger partial charge < -0.3 is 4.90 Å². The Hall–Kier alpha value is -1.38. The summed E-state index contributed by atoms with van der Waals surface area (Å²) in [4.78, 5) is 13.8. The highest BCUT2D eigenvalue weighted by atomic mass is 19.1. The van der Waals surface area contributed by atoms with Crippen LogP contribution in [0.15, 0.2) is 30.3 Å². The molecule has 1 aliphatic heterocycles. The molecule has 0 aromatic heterocycles. The van der Waals surface area contributed by atoms with Crippen molar-refractivity contribution in [2.45, 2.75) is 32.9 Å². The van der Waals surface area contributed by atoms with Crippen molar-refractivity contribution >= 4 is 5.91 Å². The van der Waals surface area contributed by atoms with Gasteiger partial charge in [0.05, 0.1) is 13.1 Å². The lowest BCUT2D eigenvalue weighted by atomic mass is 9.82. The van der Waals surface area contributed by atoms with E-state index in [2.05, 4.69) is 0 Å². The molecule has 1 saturated heterocycles. The number of rotatable bonds is 3. The molecule has 0 atom stereocenters. The van der Waals surface area contributed by atoms with Crippen molar-refractivity contribution in [3.8, 4) is 0 Å². The fourth-order valence-electron chi connectivity index (χ4n) is 2.20. The SMILES string of the molecule is CCC(C)(C)C(=O)N1CC(F)(c2ccccc2)C1. The Balaban J connectivity index is 2.04. The van der Waals surface area contributed by atoms with E-state index >= 15 is 0 Å². The number of halogens is 1. The number of alkyl halides is 1. The molecule has 2 nitrogen and oxygen atoms in total. The van der Waals surface area contributed by atoms with Gasteiger partial charge in [0.2, 0.25) is 5.91 Å². The Kier molecular flexibility index (Phi) is 3.18. The minimum absolute atomic E-state index is 0.0502. The standard InChI is InChI=1S/C15H20FNO/c1-4-14(2,3)13(18)17-10-15(16,11-17)12-8-6-5-7-9-12/h5-9H,4,10-11H2,1-3H3. The van der Waals surface area contributed by atoms with Gasteiger partial charge in [-0.1, -0.05) is 51.1 Å². The summed E-state index contributed by atoms with van der Waals surface area (Å²) in [6, 6.07) is 9.10. The third-order valence-corrected chi connectivity index (χ3v) is 3.92. The van der Waals surface area contributed by atoms with E-state index in [-0.39, 0.29) is 19.0 Å². The van der Waals surface area contributed by atoms with Crippen LogP contribution in [0.1, 0.15) is 32.8 Å². The van der Waals surface area contributed by atoms with Crippen molar-refractivity contribution in [3.63, 3.8) is 0 Å². The second-order valence-corrected chi connectivity index (χ2v) is 5.73. The third-order valence-electron chi connectivity index (χ3n) is 3.92. The van der Waals surface area contributed by atoms with Crippen LogP contribution >= 0.6 is 0 Å². The van der Waals surface area contributed by atoms with Crippen molar-refractivity contribution in [2.75, 3.05) is 13.1 Å². The number of amides is 1. The molecule has 0 saturated carbocycles. The Morgan fingerprint density at radius 1 is 1.33 bits per heavy atom. The molecule has 0 bridgehead atoms. The van der Waals surface area contributed by atoms with E-state index in [4.69, 9.17) is 0 Å². The van der Waals surface area contributed by atoms with Gasteiger partial charge in [0.1, 0.15) is 0 Å². The summed E-state index contributed by atoms with van der Waals surface area (Å²) in [6.45, 7) is 6.17. The number of likely N-dealkylation sites (tertiary alicyclic amines) is 1. The highest BCUT2D eigenvalue weighted by Gasteiger charge is 2.49. The van der Waals surface area contributed by atoms with Crippen LogP contribution in [0.25, 0.3) is 0 Å². The van der Waals surface area contributed by atoms with Crippen molar-refractivity contribution in [2.24, 2.45) is 5.41 Å². The van der Waals surface area contributed by atoms with Crippen molar-refractivity contribution < 1.29 is 9.18 Å². The fraction of sp³-hybridized carbons (Fsp3) is 0.533. The number of carbonyl (C=O) groups is 1. The molecule has 0 unspecified atom stereocenters. The van der Waals surface area contributed by atoms with Gasteiger partial charge in [0, 0.05) is 5.41 Å². The summed E-state index contributed by atoms with van der Waals surface area (Å²) in [5.41, 5.74) is -1.08. The smallest absolute Gasteiger partial charge is 0.228 e. The maximum Gasteiger partial charge on any atom is 0.228 e. The molecule has 1 amide bonds. The summed E-state index contributed by atoms with van der Waals surface area (Å²) in [5, 5.41) is 0. The monoisotopic (exact) mass is 249 g/mol. The molecule has 1 aliphatic rings. The van der Waals surface area contributed by atoms with Gasteiger partial charge in [-0.2, -0.15) is 0 Å². The van der Waals surface area contributed by atoms with E-state index in [0.717, 1.165) is 6.42 Å². The summed E-state index contributed by atoms with van der Waals surface area (Å²) in [7, 11) is 0. The number of hydrogen-bond acceptors (Lipinski definition) is 1. The first kappa shape index (κ1) is 13.1. The van der Waals surface area contributed by atoms with Crippen molar-refractivity contribution in [1.82, 2.24) is 4.90 Å². The van der Waals surface area contributed by atoms with Gasteiger partial charge in [-0.05, 0) is 12.0 Å². The van der Waals surface area contributed by atoms with Gasteiger partial charge in [0.15, 0.2) is 5.67 Å². The average Bonchev–Trinajstić information content (AvgIpc) is 2.35. The maximum atomic E-state index is 14.5. The van der Waals surface area contributed by atoms with Gasteiger partial charge in [0.25, 0.3) is 0 Å². The fourth-order valence-corrected chi connectivity index (χ4v) is 2.20. The maximum absolute atomic E-state index is 14.5. The van der Waals surface area contributed by atoms with Crippen LogP contribution in [-0.4, -0.2) is 23.9 Å². The minimum atomic E-state index is -1.36. The zero-order chi connectivity index (χ0) is 13.4. The lowest BCUT2D eigenvalue weighted by Gasteiger charge is -2.47. The molecular weight excluding hydrogens is 229 g/mol. The molecule has 98 valence electrons.